The molecule has 0 amide bonds. The quantitative estimate of drug-likeness (QED) is 0.587. The van der Waals surface area contributed by atoms with Crippen LogP contribution in [0.3, 0.4) is 0 Å². The molecule has 2 nitrogen and oxygen atoms in total. The van der Waals surface area contributed by atoms with E-state index in [1.807, 2.05) is 37.3 Å². The van der Waals surface area contributed by atoms with Crippen LogP contribution >= 0.6 is 0 Å². The van der Waals surface area contributed by atoms with Crippen LogP contribution in [-0.4, -0.2) is 10.2 Å². The summed E-state index contributed by atoms with van der Waals surface area (Å²) in [6, 6.07) is 7.70. The molecule has 0 aliphatic heterocycles. The number of allylic oxidation sites excluding steroid dienone is 4. The first-order valence-corrected chi connectivity index (χ1v) is 4.88. The zero-order chi connectivity index (χ0) is 11.3. The molecule has 0 aliphatic rings. The molecule has 0 spiro atoms. The second-order valence-electron chi connectivity index (χ2n) is 3.52. The van der Waals surface area contributed by atoms with Crippen LogP contribution < -0.4 is 0 Å². The maximum absolute atomic E-state index is 9.03. The molecular weight excluding hydrogens is 188 g/mol. The van der Waals surface area contributed by atoms with Crippen molar-refractivity contribution < 1.29 is 10.2 Å². The lowest BCUT2D eigenvalue weighted by molar-refractivity contribution is 0.282. The Balaban J connectivity index is 2.95. The summed E-state index contributed by atoms with van der Waals surface area (Å²) in [5.74, 6) is 0.285. The van der Waals surface area contributed by atoms with E-state index in [-0.39, 0.29) is 12.4 Å². The van der Waals surface area contributed by atoms with Crippen molar-refractivity contribution in [1.82, 2.24) is 0 Å². The highest BCUT2D eigenvalue weighted by Crippen LogP contribution is 2.15. The predicted octanol–water partition coefficient (Wildman–Crippen LogP) is 3.04. The van der Waals surface area contributed by atoms with E-state index in [0.29, 0.717) is 0 Å². The van der Waals surface area contributed by atoms with Crippen LogP contribution in [0, 0.1) is 0 Å². The second-order valence-corrected chi connectivity index (χ2v) is 3.52. The Hall–Kier alpha value is -1.54. The first-order valence-electron chi connectivity index (χ1n) is 4.88. The van der Waals surface area contributed by atoms with Gasteiger partial charge in [-0.3, -0.25) is 0 Å². The summed E-state index contributed by atoms with van der Waals surface area (Å²) in [4.78, 5) is 0. The van der Waals surface area contributed by atoms with Crippen molar-refractivity contribution in [2.24, 2.45) is 0 Å². The van der Waals surface area contributed by atoms with E-state index in [4.69, 9.17) is 10.2 Å². The maximum atomic E-state index is 9.03. The highest BCUT2D eigenvalue weighted by molar-refractivity contribution is 5.65. The Kier molecular flexibility index (Phi) is 4.13. The summed E-state index contributed by atoms with van der Waals surface area (Å²) in [6.07, 6.45) is 3.51. The molecule has 1 aromatic rings. The van der Waals surface area contributed by atoms with E-state index in [1.54, 1.807) is 13.0 Å². The molecule has 1 rings (SSSR count). The van der Waals surface area contributed by atoms with E-state index < -0.39 is 0 Å². The summed E-state index contributed by atoms with van der Waals surface area (Å²) in [5, 5.41) is 18.0. The lowest BCUT2D eigenvalue weighted by atomic mass is 10.0. The molecule has 0 unspecified atom stereocenters. The van der Waals surface area contributed by atoms with Gasteiger partial charge in [-0.2, -0.15) is 0 Å². The van der Waals surface area contributed by atoms with Crippen LogP contribution in [0.25, 0.3) is 5.57 Å². The standard InChI is InChI=1S/C13H16O2/c1-10(6-7-11(2)15)13-5-3-4-12(8-13)9-14/h3-8,14-15H,9H2,1-2H3/b10-6+,11-7+. The Morgan fingerprint density at radius 2 is 2.00 bits per heavy atom. The number of aliphatic hydroxyl groups is 2. The van der Waals surface area contributed by atoms with Gasteiger partial charge in [0.2, 0.25) is 0 Å². The maximum Gasteiger partial charge on any atom is 0.0891 e. The summed E-state index contributed by atoms with van der Waals surface area (Å²) in [7, 11) is 0. The molecule has 80 valence electrons. The molecule has 1 aromatic carbocycles. The predicted molar refractivity (Wildman–Crippen MR) is 62.4 cm³/mol. The second kappa shape index (κ2) is 5.37. The molecule has 0 bridgehead atoms. The number of rotatable bonds is 3. The largest absolute Gasteiger partial charge is 0.513 e. The molecule has 0 saturated heterocycles. The first-order chi connectivity index (χ1) is 7.13. The van der Waals surface area contributed by atoms with Crippen molar-refractivity contribution in [3.05, 3.63) is 53.3 Å². The van der Waals surface area contributed by atoms with E-state index in [2.05, 4.69) is 0 Å². The van der Waals surface area contributed by atoms with Crippen molar-refractivity contribution in [1.29, 1.82) is 0 Å². The monoisotopic (exact) mass is 204 g/mol. The van der Waals surface area contributed by atoms with Gasteiger partial charge in [0.1, 0.15) is 0 Å². The topological polar surface area (TPSA) is 40.5 Å². The molecule has 0 fully saturated rings. The van der Waals surface area contributed by atoms with E-state index >= 15 is 0 Å². The lowest BCUT2D eigenvalue weighted by Crippen LogP contribution is -1.85. The van der Waals surface area contributed by atoms with Gasteiger partial charge in [-0.15, -0.1) is 0 Å². The van der Waals surface area contributed by atoms with Crippen LogP contribution in [0.1, 0.15) is 25.0 Å². The Morgan fingerprint density at radius 1 is 1.27 bits per heavy atom. The van der Waals surface area contributed by atoms with Crippen molar-refractivity contribution >= 4 is 5.57 Å². The molecule has 0 atom stereocenters. The van der Waals surface area contributed by atoms with Crippen LogP contribution in [0.15, 0.2) is 42.2 Å². The fraction of sp³-hybridized carbons (Fsp3) is 0.231. The van der Waals surface area contributed by atoms with Gasteiger partial charge >= 0.3 is 0 Å². The third kappa shape index (κ3) is 3.60. The van der Waals surface area contributed by atoms with Crippen molar-refractivity contribution in [3.63, 3.8) is 0 Å². The Labute approximate surface area is 90.2 Å². The molecule has 0 saturated carbocycles. The summed E-state index contributed by atoms with van der Waals surface area (Å²) >= 11 is 0. The molecule has 2 heteroatoms. The van der Waals surface area contributed by atoms with Gasteiger partial charge < -0.3 is 10.2 Å². The SMILES string of the molecule is C/C(O)=C\C=C(/C)c1cccc(CO)c1. The molecule has 15 heavy (non-hydrogen) atoms. The van der Waals surface area contributed by atoms with Crippen LogP contribution in [0.5, 0.6) is 0 Å². The smallest absolute Gasteiger partial charge is 0.0891 e. The zero-order valence-corrected chi connectivity index (χ0v) is 9.07. The van der Waals surface area contributed by atoms with Gasteiger partial charge in [0.15, 0.2) is 0 Å². The molecule has 0 heterocycles. The minimum absolute atomic E-state index is 0.0516. The van der Waals surface area contributed by atoms with E-state index in [1.165, 1.54) is 0 Å². The number of hydrogen-bond acceptors (Lipinski definition) is 2. The van der Waals surface area contributed by atoms with Crippen LogP contribution in [0.2, 0.25) is 0 Å². The van der Waals surface area contributed by atoms with Gasteiger partial charge in [0.25, 0.3) is 0 Å². The van der Waals surface area contributed by atoms with Gasteiger partial charge in [0, 0.05) is 0 Å². The number of benzene rings is 1. The van der Waals surface area contributed by atoms with Crippen LogP contribution in [-0.2, 0) is 6.61 Å². The fourth-order valence-corrected chi connectivity index (χ4v) is 1.26. The minimum Gasteiger partial charge on any atom is -0.513 e. The molecule has 0 aliphatic carbocycles. The summed E-state index contributed by atoms with van der Waals surface area (Å²) in [5.41, 5.74) is 3.00. The Bertz CT molecular complexity index is 385. The summed E-state index contributed by atoms with van der Waals surface area (Å²) in [6.45, 7) is 3.65. The minimum atomic E-state index is 0.0516. The van der Waals surface area contributed by atoms with Gasteiger partial charge in [-0.05, 0) is 42.7 Å². The average molecular weight is 204 g/mol. The van der Waals surface area contributed by atoms with Crippen molar-refractivity contribution in [2.45, 2.75) is 20.5 Å². The van der Waals surface area contributed by atoms with E-state index in [9.17, 15) is 0 Å². The summed E-state index contributed by atoms with van der Waals surface area (Å²) < 4.78 is 0. The third-order valence-corrected chi connectivity index (χ3v) is 2.14. The molecule has 0 aromatic heterocycles. The lowest BCUT2D eigenvalue weighted by Gasteiger charge is -2.02. The van der Waals surface area contributed by atoms with Crippen LogP contribution in [0.4, 0.5) is 0 Å². The average Bonchev–Trinajstić information content (AvgIpc) is 2.26. The third-order valence-electron chi connectivity index (χ3n) is 2.14. The Morgan fingerprint density at radius 3 is 2.60 bits per heavy atom. The number of aliphatic hydroxyl groups excluding tert-OH is 2. The van der Waals surface area contributed by atoms with Gasteiger partial charge in [0.05, 0.1) is 12.4 Å². The van der Waals surface area contributed by atoms with Gasteiger partial charge in [-0.25, -0.2) is 0 Å². The number of hydrogen-bond donors (Lipinski definition) is 2. The van der Waals surface area contributed by atoms with Crippen molar-refractivity contribution in [3.8, 4) is 0 Å². The highest BCUT2D eigenvalue weighted by atomic mass is 16.3. The zero-order valence-electron chi connectivity index (χ0n) is 9.07. The molecule has 2 N–H and O–H groups in total. The molecular formula is C13H16O2. The normalized spacial score (nSPS) is 13.0. The van der Waals surface area contributed by atoms with Crippen molar-refractivity contribution in [2.75, 3.05) is 0 Å². The molecule has 0 radical (unpaired) electrons. The van der Waals surface area contributed by atoms with Gasteiger partial charge in [-0.1, -0.05) is 24.3 Å². The first kappa shape index (κ1) is 11.5. The fourth-order valence-electron chi connectivity index (χ4n) is 1.26. The van der Waals surface area contributed by atoms with E-state index in [0.717, 1.165) is 16.7 Å². The highest BCUT2D eigenvalue weighted by Gasteiger charge is 1.96.